The summed E-state index contributed by atoms with van der Waals surface area (Å²) in [5.74, 6) is -0.345. The predicted molar refractivity (Wildman–Crippen MR) is 78.1 cm³/mol. The van der Waals surface area contributed by atoms with Gasteiger partial charge in [-0.05, 0) is 25.5 Å². The van der Waals surface area contributed by atoms with Gasteiger partial charge in [-0.25, -0.2) is 4.39 Å². The molecule has 21 heavy (non-hydrogen) atoms. The fourth-order valence-corrected chi connectivity index (χ4v) is 3.10. The number of aryl methyl sites for hydroxylation is 1. The van der Waals surface area contributed by atoms with Crippen LogP contribution in [0.4, 0.5) is 4.39 Å². The fraction of sp³-hybridized carbons (Fsp3) is 0.438. The van der Waals surface area contributed by atoms with Crippen molar-refractivity contribution >= 4 is 0 Å². The van der Waals surface area contributed by atoms with E-state index in [1.54, 1.807) is 22.9 Å². The van der Waals surface area contributed by atoms with Gasteiger partial charge in [-0.15, -0.1) is 0 Å². The van der Waals surface area contributed by atoms with Crippen LogP contribution in [0.15, 0.2) is 36.7 Å². The molecule has 3 rings (SSSR count). The Hall–Kier alpha value is -1.72. The van der Waals surface area contributed by atoms with Gasteiger partial charge in [-0.2, -0.15) is 5.10 Å². The smallest absolute Gasteiger partial charge is 0.129 e. The molecule has 5 heteroatoms. The lowest BCUT2D eigenvalue weighted by atomic mass is 10.1. The quantitative estimate of drug-likeness (QED) is 0.940. The van der Waals surface area contributed by atoms with Crippen LogP contribution >= 0.6 is 0 Å². The van der Waals surface area contributed by atoms with E-state index in [1.807, 2.05) is 19.4 Å². The number of rotatable bonds is 4. The number of halogens is 1. The van der Waals surface area contributed by atoms with Gasteiger partial charge in [0, 0.05) is 37.0 Å². The molecule has 1 saturated heterocycles. The summed E-state index contributed by atoms with van der Waals surface area (Å²) in [5.41, 5.74) is 1.53. The average molecular weight is 289 g/mol. The van der Waals surface area contributed by atoms with Crippen LogP contribution in [0.1, 0.15) is 36.1 Å². The third-order valence-corrected chi connectivity index (χ3v) is 4.14. The molecule has 2 atom stereocenters. The number of aliphatic hydroxyl groups is 1. The van der Waals surface area contributed by atoms with Crippen LogP contribution in [-0.2, 0) is 7.05 Å². The standard InChI is InChI=1S/C16H20FN3O/c1-19-10-12(9-18-19)15-7-4-8-20(15)11-16(21)13-5-2-3-6-14(13)17/h2-3,5-6,9-10,15-16,21H,4,7-8,11H2,1H3/t15-,16+/m0/s1. The highest BCUT2D eigenvalue weighted by molar-refractivity contribution is 5.20. The molecule has 1 aliphatic rings. The summed E-state index contributed by atoms with van der Waals surface area (Å²) >= 11 is 0. The minimum Gasteiger partial charge on any atom is -0.387 e. The highest BCUT2D eigenvalue weighted by Crippen LogP contribution is 2.33. The van der Waals surface area contributed by atoms with Crippen LogP contribution in [0.25, 0.3) is 0 Å². The second-order valence-corrected chi connectivity index (χ2v) is 5.64. The van der Waals surface area contributed by atoms with Crippen LogP contribution < -0.4 is 0 Å². The van der Waals surface area contributed by atoms with Crippen molar-refractivity contribution in [3.8, 4) is 0 Å². The Kier molecular flexibility index (Phi) is 4.03. The highest BCUT2D eigenvalue weighted by Gasteiger charge is 2.29. The average Bonchev–Trinajstić information content (AvgIpc) is 3.08. The molecule has 0 amide bonds. The largest absolute Gasteiger partial charge is 0.387 e. The Bertz CT molecular complexity index is 613. The van der Waals surface area contributed by atoms with Gasteiger partial charge in [0.2, 0.25) is 0 Å². The van der Waals surface area contributed by atoms with E-state index < -0.39 is 6.10 Å². The summed E-state index contributed by atoms with van der Waals surface area (Å²) in [5, 5.41) is 14.5. The fourth-order valence-electron chi connectivity index (χ4n) is 3.10. The number of nitrogens with zero attached hydrogens (tertiary/aromatic N) is 3. The first kappa shape index (κ1) is 14.2. The molecule has 4 nitrogen and oxygen atoms in total. The molecule has 112 valence electrons. The second-order valence-electron chi connectivity index (χ2n) is 5.64. The number of hydrogen-bond acceptors (Lipinski definition) is 3. The van der Waals surface area contributed by atoms with E-state index in [2.05, 4.69) is 10.00 Å². The first-order chi connectivity index (χ1) is 10.1. The van der Waals surface area contributed by atoms with Crippen molar-refractivity contribution in [2.45, 2.75) is 25.0 Å². The Morgan fingerprint density at radius 1 is 1.43 bits per heavy atom. The molecule has 1 aromatic carbocycles. The van der Waals surface area contributed by atoms with E-state index in [-0.39, 0.29) is 11.9 Å². The van der Waals surface area contributed by atoms with Crippen molar-refractivity contribution in [3.63, 3.8) is 0 Å². The van der Waals surface area contributed by atoms with Gasteiger partial charge in [-0.1, -0.05) is 18.2 Å². The van der Waals surface area contributed by atoms with Gasteiger partial charge in [0.25, 0.3) is 0 Å². The van der Waals surface area contributed by atoms with E-state index >= 15 is 0 Å². The minimum absolute atomic E-state index is 0.264. The van der Waals surface area contributed by atoms with E-state index in [1.165, 1.54) is 6.07 Å². The predicted octanol–water partition coefficient (Wildman–Crippen LogP) is 2.43. The van der Waals surface area contributed by atoms with Crippen LogP contribution in [0.3, 0.4) is 0 Å². The molecule has 2 aromatic rings. The summed E-state index contributed by atoms with van der Waals surface area (Å²) in [6.45, 7) is 1.37. The molecule has 1 aliphatic heterocycles. The summed E-state index contributed by atoms with van der Waals surface area (Å²) in [4.78, 5) is 2.22. The Morgan fingerprint density at radius 2 is 2.24 bits per heavy atom. The van der Waals surface area contributed by atoms with E-state index in [0.29, 0.717) is 12.1 Å². The second kappa shape index (κ2) is 5.95. The molecule has 0 aliphatic carbocycles. The van der Waals surface area contributed by atoms with E-state index in [9.17, 15) is 9.50 Å². The minimum atomic E-state index is -0.802. The molecule has 1 fully saturated rings. The van der Waals surface area contributed by atoms with Crippen molar-refractivity contribution in [2.75, 3.05) is 13.1 Å². The summed E-state index contributed by atoms with van der Waals surface area (Å²) < 4.78 is 15.5. The van der Waals surface area contributed by atoms with Crippen LogP contribution in [0.2, 0.25) is 0 Å². The monoisotopic (exact) mass is 289 g/mol. The molecular weight excluding hydrogens is 269 g/mol. The lowest BCUT2D eigenvalue weighted by Gasteiger charge is -2.26. The number of likely N-dealkylation sites (tertiary alicyclic amines) is 1. The number of aliphatic hydroxyl groups excluding tert-OH is 1. The van der Waals surface area contributed by atoms with Gasteiger partial charge in [0.1, 0.15) is 5.82 Å². The van der Waals surface area contributed by atoms with E-state index in [0.717, 1.165) is 24.9 Å². The van der Waals surface area contributed by atoms with Crippen molar-refractivity contribution < 1.29 is 9.50 Å². The zero-order valence-electron chi connectivity index (χ0n) is 12.1. The van der Waals surface area contributed by atoms with Gasteiger partial charge < -0.3 is 5.11 Å². The maximum atomic E-state index is 13.7. The highest BCUT2D eigenvalue weighted by atomic mass is 19.1. The van der Waals surface area contributed by atoms with Crippen LogP contribution in [-0.4, -0.2) is 32.9 Å². The first-order valence-corrected chi connectivity index (χ1v) is 7.30. The third-order valence-electron chi connectivity index (χ3n) is 4.14. The maximum Gasteiger partial charge on any atom is 0.129 e. The zero-order valence-corrected chi connectivity index (χ0v) is 12.1. The molecule has 0 saturated carbocycles. The van der Waals surface area contributed by atoms with Crippen molar-refractivity contribution in [1.82, 2.24) is 14.7 Å². The maximum absolute atomic E-state index is 13.7. The number of β-amino-alcohol motifs (C(OH)–C–C–N with tert-alkyl or cyclic N) is 1. The number of benzene rings is 1. The molecule has 0 unspecified atom stereocenters. The molecule has 0 spiro atoms. The number of aromatic nitrogens is 2. The lowest BCUT2D eigenvalue weighted by molar-refractivity contribution is 0.103. The molecule has 1 aromatic heterocycles. The van der Waals surface area contributed by atoms with Gasteiger partial charge in [0.05, 0.1) is 12.3 Å². The van der Waals surface area contributed by atoms with Gasteiger partial charge in [0.15, 0.2) is 0 Å². The van der Waals surface area contributed by atoms with Gasteiger partial charge in [-0.3, -0.25) is 9.58 Å². The lowest BCUT2D eigenvalue weighted by Crippen LogP contribution is -2.28. The Balaban J connectivity index is 1.73. The summed E-state index contributed by atoms with van der Waals surface area (Å²) in [6, 6.07) is 6.69. The zero-order chi connectivity index (χ0) is 14.8. The van der Waals surface area contributed by atoms with Crippen molar-refractivity contribution in [3.05, 3.63) is 53.6 Å². The first-order valence-electron chi connectivity index (χ1n) is 7.30. The van der Waals surface area contributed by atoms with Crippen molar-refractivity contribution in [1.29, 1.82) is 0 Å². The molecule has 1 N–H and O–H groups in total. The molecular formula is C16H20FN3O. The Morgan fingerprint density at radius 3 is 2.95 bits per heavy atom. The Labute approximate surface area is 123 Å². The van der Waals surface area contributed by atoms with Gasteiger partial charge >= 0.3 is 0 Å². The SMILES string of the molecule is Cn1cc([C@@H]2CCCN2C[C@@H](O)c2ccccc2F)cn1. The summed E-state index contributed by atoms with van der Waals surface area (Å²) in [6.07, 6.45) is 5.22. The molecule has 2 heterocycles. The summed E-state index contributed by atoms with van der Waals surface area (Å²) in [7, 11) is 1.90. The topological polar surface area (TPSA) is 41.3 Å². The third kappa shape index (κ3) is 2.99. The van der Waals surface area contributed by atoms with Crippen LogP contribution in [0, 0.1) is 5.82 Å². The van der Waals surface area contributed by atoms with E-state index in [4.69, 9.17) is 0 Å². The molecule has 0 bridgehead atoms. The number of hydrogen-bond donors (Lipinski definition) is 1. The van der Waals surface area contributed by atoms with Crippen LogP contribution in [0.5, 0.6) is 0 Å². The molecule has 0 radical (unpaired) electrons. The van der Waals surface area contributed by atoms with Crippen molar-refractivity contribution in [2.24, 2.45) is 7.05 Å². The normalized spacial score (nSPS) is 20.8.